The average molecular weight is 276 g/mol. The van der Waals surface area contributed by atoms with Crippen molar-refractivity contribution in [2.45, 2.75) is 6.04 Å². The van der Waals surface area contributed by atoms with Crippen molar-refractivity contribution in [1.82, 2.24) is 5.32 Å². The van der Waals surface area contributed by atoms with Gasteiger partial charge in [0.2, 0.25) is 0 Å². The van der Waals surface area contributed by atoms with Crippen molar-refractivity contribution in [2.75, 3.05) is 19.8 Å². The summed E-state index contributed by atoms with van der Waals surface area (Å²) >= 11 is 3.10. The summed E-state index contributed by atoms with van der Waals surface area (Å²) in [6.45, 7) is 1.80. The van der Waals surface area contributed by atoms with Crippen LogP contribution in [-0.2, 0) is 4.74 Å². The van der Waals surface area contributed by atoms with E-state index in [1.54, 1.807) is 0 Å². The molecule has 1 atom stereocenters. The van der Waals surface area contributed by atoms with Crippen molar-refractivity contribution in [2.24, 2.45) is 0 Å². The quantitative estimate of drug-likeness (QED) is 0.823. The minimum atomic E-state index is -0.373. The van der Waals surface area contributed by atoms with E-state index in [4.69, 9.17) is 4.74 Å². The number of benzene rings is 1. The Labute approximate surface area is 95.4 Å². The van der Waals surface area contributed by atoms with Gasteiger partial charge in [-0.3, -0.25) is 0 Å². The molecule has 15 heavy (non-hydrogen) atoms. The first-order chi connectivity index (χ1) is 7.18. The molecule has 0 aliphatic carbocycles. The highest BCUT2D eigenvalue weighted by Crippen LogP contribution is 2.33. The van der Waals surface area contributed by atoms with Crippen LogP contribution in [0, 0.1) is 5.82 Å². The van der Waals surface area contributed by atoms with Crippen molar-refractivity contribution >= 4 is 15.9 Å². The van der Waals surface area contributed by atoms with Crippen molar-refractivity contribution in [3.63, 3.8) is 0 Å². The highest BCUT2D eigenvalue weighted by Gasteiger charge is 2.20. The normalized spacial score (nSPS) is 21.6. The van der Waals surface area contributed by atoms with Crippen molar-refractivity contribution in [3.8, 4) is 5.75 Å². The number of rotatable bonds is 1. The third-order valence-corrected chi connectivity index (χ3v) is 2.96. The first-order valence-electron chi connectivity index (χ1n) is 4.67. The molecule has 5 heteroatoms. The van der Waals surface area contributed by atoms with Gasteiger partial charge >= 0.3 is 0 Å². The molecule has 82 valence electrons. The van der Waals surface area contributed by atoms with Crippen LogP contribution < -0.4 is 5.32 Å². The Morgan fingerprint density at radius 2 is 2.33 bits per heavy atom. The molecule has 3 nitrogen and oxygen atoms in total. The lowest BCUT2D eigenvalue weighted by atomic mass is 10.1. The SMILES string of the molecule is Oc1c(Br)cc(F)cc1[C@@H]1COCCN1. The van der Waals surface area contributed by atoms with Gasteiger partial charge in [-0.15, -0.1) is 0 Å². The van der Waals surface area contributed by atoms with Crippen LogP contribution in [0.5, 0.6) is 5.75 Å². The van der Waals surface area contributed by atoms with Crippen molar-refractivity contribution in [1.29, 1.82) is 0 Å². The maximum atomic E-state index is 13.2. The second-order valence-electron chi connectivity index (χ2n) is 3.41. The van der Waals surface area contributed by atoms with E-state index >= 15 is 0 Å². The maximum absolute atomic E-state index is 13.2. The number of morpholine rings is 1. The molecule has 0 aromatic heterocycles. The lowest BCUT2D eigenvalue weighted by Gasteiger charge is -2.25. The predicted molar refractivity (Wildman–Crippen MR) is 57.3 cm³/mol. The van der Waals surface area contributed by atoms with Gasteiger partial charge in [0.05, 0.1) is 23.7 Å². The Kier molecular flexibility index (Phi) is 3.23. The molecule has 1 aliphatic heterocycles. The molecule has 0 radical (unpaired) electrons. The van der Waals surface area contributed by atoms with Gasteiger partial charge in [-0.05, 0) is 28.1 Å². The number of aromatic hydroxyl groups is 1. The van der Waals surface area contributed by atoms with Crippen molar-refractivity contribution < 1.29 is 14.2 Å². The lowest BCUT2D eigenvalue weighted by Crippen LogP contribution is -2.34. The number of phenols is 1. The van der Waals surface area contributed by atoms with Crippen LogP contribution in [0.25, 0.3) is 0 Å². The zero-order valence-corrected chi connectivity index (χ0v) is 9.55. The van der Waals surface area contributed by atoms with Crippen LogP contribution >= 0.6 is 15.9 Å². The molecule has 0 unspecified atom stereocenters. The van der Waals surface area contributed by atoms with Crippen LogP contribution in [0.2, 0.25) is 0 Å². The first kappa shape index (κ1) is 10.9. The summed E-state index contributed by atoms with van der Waals surface area (Å²) in [6, 6.07) is 2.42. The Morgan fingerprint density at radius 3 is 3.00 bits per heavy atom. The monoisotopic (exact) mass is 275 g/mol. The highest BCUT2D eigenvalue weighted by molar-refractivity contribution is 9.10. The molecule has 0 bridgehead atoms. The van der Waals surface area contributed by atoms with Crippen LogP contribution in [0.4, 0.5) is 4.39 Å². The van der Waals surface area contributed by atoms with E-state index in [1.165, 1.54) is 12.1 Å². The van der Waals surface area contributed by atoms with Gasteiger partial charge in [0.25, 0.3) is 0 Å². The average Bonchev–Trinajstić information content (AvgIpc) is 2.24. The third-order valence-electron chi connectivity index (χ3n) is 2.35. The molecule has 0 spiro atoms. The largest absolute Gasteiger partial charge is 0.506 e. The molecular weight excluding hydrogens is 265 g/mol. The van der Waals surface area contributed by atoms with E-state index < -0.39 is 0 Å². The van der Waals surface area contributed by atoms with Crippen molar-refractivity contribution in [3.05, 3.63) is 28.0 Å². The number of hydrogen-bond acceptors (Lipinski definition) is 3. The number of ether oxygens (including phenoxy) is 1. The number of phenolic OH excluding ortho intramolecular Hbond substituents is 1. The van der Waals surface area contributed by atoms with E-state index in [-0.39, 0.29) is 17.6 Å². The predicted octanol–water partition coefficient (Wildman–Crippen LogP) is 1.95. The number of halogens is 2. The van der Waals surface area contributed by atoms with Gasteiger partial charge in [0, 0.05) is 12.1 Å². The smallest absolute Gasteiger partial charge is 0.134 e. The van der Waals surface area contributed by atoms with Gasteiger partial charge in [-0.25, -0.2) is 4.39 Å². The van der Waals surface area contributed by atoms with Gasteiger partial charge in [-0.1, -0.05) is 0 Å². The minimum absolute atomic E-state index is 0.0689. The molecule has 1 aromatic rings. The summed E-state index contributed by atoms with van der Waals surface area (Å²) in [4.78, 5) is 0. The standard InChI is InChI=1S/C10H11BrFNO2/c11-8-4-6(12)3-7(10(8)14)9-5-15-2-1-13-9/h3-4,9,13-14H,1-2,5H2/t9-/m0/s1. The molecule has 1 fully saturated rings. The molecule has 1 heterocycles. The van der Waals surface area contributed by atoms with Crippen LogP contribution in [-0.4, -0.2) is 24.9 Å². The van der Waals surface area contributed by atoms with Gasteiger partial charge < -0.3 is 15.2 Å². The Bertz CT molecular complexity index is 367. The topological polar surface area (TPSA) is 41.5 Å². The minimum Gasteiger partial charge on any atom is -0.506 e. The molecule has 1 aliphatic rings. The molecular formula is C10H11BrFNO2. The van der Waals surface area contributed by atoms with Gasteiger partial charge in [0.15, 0.2) is 0 Å². The second kappa shape index (κ2) is 4.47. The molecule has 0 saturated carbocycles. The summed E-state index contributed by atoms with van der Waals surface area (Å²) in [5.41, 5.74) is 0.529. The summed E-state index contributed by atoms with van der Waals surface area (Å²) < 4.78 is 18.8. The van der Waals surface area contributed by atoms with E-state index in [0.717, 1.165) is 0 Å². The van der Waals surface area contributed by atoms with Crippen LogP contribution in [0.3, 0.4) is 0 Å². The van der Waals surface area contributed by atoms with E-state index in [0.29, 0.717) is 29.8 Å². The van der Waals surface area contributed by atoms with Gasteiger partial charge in [-0.2, -0.15) is 0 Å². The molecule has 2 N–H and O–H groups in total. The summed E-state index contributed by atoms with van der Waals surface area (Å²) in [5, 5.41) is 12.9. The van der Waals surface area contributed by atoms with E-state index in [1.807, 2.05) is 0 Å². The van der Waals surface area contributed by atoms with E-state index in [9.17, 15) is 9.50 Å². The Hall–Kier alpha value is -0.650. The second-order valence-corrected chi connectivity index (χ2v) is 4.26. The molecule has 2 rings (SSSR count). The van der Waals surface area contributed by atoms with E-state index in [2.05, 4.69) is 21.2 Å². The molecule has 1 aromatic carbocycles. The lowest BCUT2D eigenvalue weighted by molar-refractivity contribution is 0.0759. The fourth-order valence-electron chi connectivity index (χ4n) is 1.62. The number of nitrogens with one attached hydrogen (secondary N) is 1. The van der Waals surface area contributed by atoms with Crippen LogP contribution in [0.15, 0.2) is 16.6 Å². The number of hydrogen-bond donors (Lipinski definition) is 2. The fraction of sp³-hybridized carbons (Fsp3) is 0.400. The Balaban J connectivity index is 2.33. The maximum Gasteiger partial charge on any atom is 0.134 e. The summed E-state index contributed by atoms with van der Waals surface area (Å²) in [6.07, 6.45) is 0. The zero-order valence-electron chi connectivity index (χ0n) is 7.96. The molecule has 1 saturated heterocycles. The zero-order chi connectivity index (χ0) is 10.8. The fourth-order valence-corrected chi connectivity index (χ4v) is 2.06. The van der Waals surface area contributed by atoms with Gasteiger partial charge in [0.1, 0.15) is 11.6 Å². The first-order valence-corrected chi connectivity index (χ1v) is 5.47. The molecule has 0 amide bonds. The Morgan fingerprint density at radius 1 is 1.53 bits per heavy atom. The third kappa shape index (κ3) is 2.30. The van der Waals surface area contributed by atoms with Crippen LogP contribution in [0.1, 0.15) is 11.6 Å². The summed E-state index contributed by atoms with van der Waals surface area (Å²) in [7, 11) is 0. The summed E-state index contributed by atoms with van der Waals surface area (Å²) in [5.74, 6) is -0.304. The highest BCUT2D eigenvalue weighted by atomic mass is 79.9.